The van der Waals surface area contributed by atoms with Crippen molar-refractivity contribution in [1.82, 2.24) is 4.90 Å². The molecule has 1 atom stereocenters. The first-order valence-electron chi connectivity index (χ1n) is 9.58. The van der Waals surface area contributed by atoms with Crippen LogP contribution in [0.1, 0.15) is 42.5 Å². The highest BCUT2D eigenvalue weighted by molar-refractivity contribution is 6.46. The van der Waals surface area contributed by atoms with Crippen molar-refractivity contribution >= 4 is 29.1 Å². The Kier molecular flexibility index (Phi) is 6.28. The van der Waals surface area contributed by atoms with Gasteiger partial charge < -0.3 is 14.7 Å². The minimum Gasteiger partial charge on any atom is -0.507 e. The lowest BCUT2D eigenvalue weighted by Gasteiger charge is -2.25. The van der Waals surface area contributed by atoms with Crippen molar-refractivity contribution in [3.8, 4) is 5.75 Å². The zero-order chi connectivity index (χ0) is 21.1. The van der Waals surface area contributed by atoms with Crippen LogP contribution in [0, 0.1) is 6.92 Å². The molecule has 0 aromatic heterocycles. The smallest absolute Gasteiger partial charge is 0.295 e. The SMILES string of the molecule is CCCCN1C(=O)C(=O)/C(=C(\O)c2ccc(OC)cc2C)C1c1ccc(Cl)cc1. The quantitative estimate of drug-likeness (QED) is 0.416. The Hall–Kier alpha value is -2.79. The number of ketones is 1. The first-order chi connectivity index (χ1) is 13.9. The first kappa shape index (κ1) is 20.9. The van der Waals surface area contributed by atoms with Gasteiger partial charge in [0, 0.05) is 17.1 Å². The fourth-order valence-electron chi connectivity index (χ4n) is 3.60. The molecule has 3 rings (SSSR count). The lowest BCUT2D eigenvalue weighted by atomic mass is 9.94. The molecule has 152 valence electrons. The van der Waals surface area contributed by atoms with E-state index in [0.717, 1.165) is 24.0 Å². The summed E-state index contributed by atoms with van der Waals surface area (Å²) < 4.78 is 5.22. The van der Waals surface area contributed by atoms with E-state index in [0.29, 0.717) is 22.9 Å². The van der Waals surface area contributed by atoms with E-state index in [4.69, 9.17) is 16.3 Å². The van der Waals surface area contributed by atoms with Gasteiger partial charge in [-0.3, -0.25) is 9.59 Å². The maximum atomic E-state index is 12.9. The maximum absolute atomic E-state index is 12.9. The minimum absolute atomic E-state index is 0.0988. The van der Waals surface area contributed by atoms with E-state index in [1.165, 1.54) is 0 Å². The van der Waals surface area contributed by atoms with Gasteiger partial charge in [0.2, 0.25) is 0 Å². The molecule has 1 aliphatic heterocycles. The number of aliphatic hydroxyl groups is 1. The Balaban J connectivity index is 2.17. The van der Waals surface area contributed by atoms with Gasteiger partial charge in [-0.2, -0.15) is 0 Å². The second-order valence-corrected chi connectivity index (χ2v) is 7.51. The number of likely N-dealkylation sites (tertiary alicyclic amines) is 1. The summed E-state index contributed by atoms with van der Waals surface area (Å²) in [6.45, 7) is 4.28. The topological polar surface area (TPSA) is 66.8 Å². The molecule has 1 saturated heterocycles. The van der Waals surface area contributed by atoms with Crippen LogP contribution in [-0.2, 0) is 9.59 Å². The third-order valence-electron chi connectivity index (χ3n) is 5.17. The summed E-state index contributed by atoms with van der Waals surface area (Å²) in [5.41, 5.74) is 2.08. The molecule has 6 heteroatoms. The Bertz CT molecular complexity index is 965. The van der Waals surface area contributed by atoms with Crippen LogP contribution in [0.15, 0.2) is 48.0 Å². The fourth-order valence-corrected chi connectivity index (χ4v) is 3.73. The number of aliphatic hydroxyl groups excluding tert-OH is 1. The number of halogens is 1. The largest absolute Gasteiger partial charge is 0.507 e. The van der Waals surface area contributed by atoms with E-state index in [-0.39, 0.29) is 11.3 Å². The summed E-state index contributed by atoms with van der Waals surface area (Å²) >= 11 is 6.02. The molecule has 1 aliphatic rings. The molecule has 1 amide bonds. The van der Waals surface area contributed by atoms with Crippen LogP contribution in [0.3, 0.4) is 0 Å². The molecule has 2 aromatic rings. The van der Waals surface area contributed by atoms with Gasteiger partial charge in [-0.25, -0.2) is 0 Å². The van der Waals surface area contributed by atoms with Crippen molar-refractivity contribution in [2.24, 2.45) is 0 Å². The monoisotopic (exact) mass is 413 g/mol. The predicted molar refractivity (Wildman–Crippen MR) is 113 cm³/mol. The lowest BCUT2D eigenvalue weighted by molar-refractivity contribution is -0.139. The van der Waals surface area contributed by atoms with E-state index in [1.54, 1.807) is 54.5 Å². The Labute approximate surface area is 175 Å². The van der Waals surface area contributed by atoms with Crippen molar-refractivity contribution in [3.63, 3.8) is 0 Å². The number of nitrogens with zero attached hydrogens (tertiary/aromatic N) is 1. The number of ether oxygens (including phenoxy) is 1. The van der Waals surface area contributed by atoms with Gasteiger partial charge in [0.25, 0.3) is 11.7 Å². The average molecular weight is 414 g/mol. The first-order valence-corrected chi connectivity index (χ1v) is 9.95. The van der Waals surface area contributed by atoms with Crippen LogP contribution in [-0.4, -0.2) is 35.4 Å². The van der Waals surface area contributed by atoms with E-state index in [9.17, 15) is 14.7 Å². The third kappa shape index (κ3) is 4.01. The van der Waals surface area contributed by atoms with E-state index in [1.807, 2.05) is 13.8 Å². The molecule has 2 aromatic carbocycles. The highest BCUT2D eigenvalue weighted by Crippen LogP contribution is 2.40. The molecular formula is C23H24ClNO4. The summed E-state index contributed by atoms with van der Waals surface area (Å²) in [6, 6.07) is 11.5. The minimum atomic E-state index is -0.672. The maximum Gasteiger partial charge on any atom is 0.295 e. The van der Waals surface area contributed by atoms with Gasteiger partial charge in [-0.15, -0.1) is 0 Å². The lowest BCUT2D eigenvalue weighted by Crippen LogP contribution is -2.30. The van der Waals surface area contributed by atoms with Crippen LogP contribution >= 0.6 is 11.6 Å². The Morgan fingerprint density at radius 1 is 1.17 bits per heavy atom. The number of rotatable bonds is 6. The molecule has 0 aliphatic carbocycles. The number of hydrogen-bond donors (Lipinski definition) is 1. The zero-order valence-electron chi connectivity index (χ0n) is 16.7. The van der Waals surface area contributed by atoms with Gasteiger partial charge >= 0.3 is 0 Å². The van der Waals surface area contributed by atoms with E-state index >= 15 is 0 Å². The molecule has 1 heterocycles. The van der Waals surface area contributed by atoms with Crippen molar-refractivity contribution in [1.29, 1.82) is 0 Å². The van der Waals surface area contributed by atoms with Crippen LogP contribution in [0.5, 0.6) is 5.75 Å². The second-order valence-electron chi connectivity index (χ2n) is 7.08. The summed E-state index contributed by atoms with van der Waals surface area (Å²) in [4.78, 5) is 27.2. The Morgan fingerprint density at radius 3 is 2.45 bits per heavy atom. The average Bonchev–Trinajstić information content (AvgIpc) is 2.96. The summed E-state index contributed by atoms with van der Waals surface area (Å²) in [6.07, 6.45) is 1.65. The van der Waals surface area contributed by atoms with Crippen LogP contribution in [0.2, 0.25) is 5.02 Å². The number of carbonyl (C=O) groups excluding carboxylic acids is 2. The number of unbranched alkanes of at least 4 members (excludes halogenated alkanes) is 1. The molecule has 1 N–H and O–H groups in total. The van der Waals surface area contributed by atoms with Gasteiger partial charge in [0.05, 0.1) is 18.7 Å². The van der Waals surface area contributed by atoms with E-state index < -0.39 is 17.7 Å². The molecular weight excluding hydrogens is 390 g/mol. The summed E-state index contributed by atoms with van der Waals surface area (Å²) in [5.74, 6) is -0.793. The number of carbonyl (C=O) groups is 2. The number of methoxy groups -OCH3 is 1. The fraction of sp³-hybridized carbons (Fsp3) is 0.304. The highest BCUT2D eigenvalue weighted by Gasteiger charge is 2.45. The molecule has 0 spiro atoms. The number of Topliss-reactive ketones (excluding diaryl/α,β-unsaturated/α-hetero) is 1. The molecule has 0 radical (unpaired) electrons. The summed E-state index contributed by atoms with van der Waals surface area (Å²) in [7, 11) is 1.56. The van der Waals surface area contributed by atoms with Crippen LogP contribution in [0.4, 0.5) is 0 Å². The molecule has 0 bridgehead atoms. The Morgan fingerprint density at radius 2 is 1.86 bits per heavy atom. The van der Waals surface area contributed by atoms with E-state index in [2.05, 4.69) is 0 Å². The van der Waals surface area contributed by atoms with Crippen molar-refractivity contribution in [3.05, 3.63) is 69.8 Å². The van der Waals surface area contributed by atoms with Gasteiger partial charge in [-0.05, 0) is 54.8 Å². The number of amides is 1. The van der Waals surface area contributed by atoms with Gasteiger partial charge in [0.15, 0.2) is 0 Å². The van der Waals surface area contributed by atoms with Gasteiger partial charge in [-0.1, -0.05) is 37.1 Å². The van der Waals surface area contributed by atoms with Crippen LogP contribution in [0.25, 0.3) is 5.76 Å². The van der Waals surface area contributed by atoms with Crippen LogP contribution < -0.4 is 4.74 Å². The standard InChI is InChI=1S/C23H24ClNO4/c1-4-5-12-25-20(15-6-8-16(24)9-7-15)19(22(27)23(25)28)21(26)18-11-10-17(29-3)13-14(18)2/h6-11,13,20,26H,4-5,12H2,1-3H3/b21-19-. The van der Waals surface area contributed by atoms with Crippen molar-refractivity contribution < 1.29 is 19.4 Å². The highest BCUT2D eigenvalue weighted by atomic mass is 35.5. The van der Waals surface area contributed by atoms with Gasteiger partial charge in [0.1, 0.15) is 11.5 Å². The summed E-state index contributed by atoms with van der Waals surface area (Å²) in [5, 5.41) is 11.7. The molecule has 5 nitrogen and oxygen atoms in total. The number of hydrogen-bond acceptors (Lipinski definition) is 4. The molecule has 29 heavy (non-hydrogen) atoms. The normalized spacial score (nSPS) is 18.3. The molecule has 0 saturated carbocycles. The molecule has 1 unspecified atom stereocenters. The van der Waals surface area contributed by atoms with Crippen molar-refractivity contribution in [2.75, 3.05) is 13.7 Å². The molecule has 1 fully saturated rings. The van der Waals surface area contributed by atoms with Crippen molar-refractivity contribution in [2.45, 2.75) is 32.7 Å². The zero-order valence-corrected chi connectivity index (χ0v) is 17.5. The number of aryl methyl sites for hydroxylation is 1. The second kappa shape index (κ2) is 8.70. The predicted octanol–water partition coefficient (Wildman–Crippen LogP) is 4.88. The number of benzene rings is 2. The third-order valence-corrected chi connectivity index (χ3v) is 5.42.